The van der Waals surface area contributed by atoms with Crippen molar-refractivity contribution in [3.05, 3.63) is 16.6 Å². The number of carbonyl (C=O) groups is 2. The highest BCUT2D eigenvalue weighted by molar-refractivity contribution is 7.03. The summed E-state index contributed by atoms with van der Waals surface area (Å²) in [5, 5.41) is 13.1. The minimum atomic E-state index is -0.923. The van der Waals surface area contributed by atoms with Crippen LogP contribution in [0.2, 0.25) is 0 Å². The zero-order chi connectivity index (χ0) is 12.3. The Balaban J connectivity index is 2.65. The molecule has 16 heavy (non-hydrogen) atoms. The van der Waals surface area contributed by atoms with Gasteiger partial charge in [-0.2, -0.15) is 4.37 Å². The van der Waals surface area contributed by atoms with Crippen LogP contribution in [0.1, 0.15) is 29.9 Å². The van der Waals surface area contributed by atoms with Gasteiger partial charge in [0, 0.05) is 11.4 Å². The van der Waals surface area contributed by atoms with Crippen LogP contribution in [0.4, 0.5) is 0 Å². The van der Waals surface area contributed by atoms with E-state index < -0.39 is 17.9 Å². The molecule has 0 aliphatic carbocycles. The maximum Gasteiger partial charge on any atom is 0.308 e. The molecule has 1 rings (SSSR count). The largest absolute Gasteiger partial charge is 0.481 e. The second-order valence-corrected chi connectivity index (χ2v) is 4.33. The van der Waals surface area contributed by atoms with Gasteiger partial charge >= 0.3 is 5.97 Å². The summed E-state index contributed by atoms with van der Waals surface area (Å²) in [6.45, 7) is 4.98. The van der Waals surface area contributed by atoms with Crippen LogP contribution in [0.5, 0.6) is 0 Å². The van der Waals surface area contributed by atoms with Crippen molar-refractivity contribution in [1.82, 2.24) is 9.69 Å². The normalized spacial score (nSPS) is 14.2. The third kappa shape index (κ3) is 2.79. The number of carbonyl (C=O) groups excluding carboxylic acids is 1. The van der Waals surface area contributed by atoms with Gasteiger partial charge in [-0.25, -0.2) is 0 Å². The van der Waals surface area contributed by atoms with Crippen molar-refractivity contribution in [1.29, 1.82) is 0 Å². The van der Waals surface area contributed by atoms with E-state index in [0.717, 1.165) is 0 Å². The van der Waals surface area contributed by atoms with E-state index >= 15 is 0 Å². The van der Waals surface area contributed by atoms with Crippen molar-refractivity contribution in [2.75, 3.05) is 0 Å². The fourth-order valence-electron chi connectivity index (χ4n) is 1.13. The first kappa shape index (κ1) is 12.6. The number of amides is 1. The average molecular weight is 242 g/mol. The highest BCUT2D eigenvalue weighted by atomic mass is 32.1. The Morgan fingerprint density at radius 1 is 1.50 bits per heavy atom. The first-order valence-electron chi connectivity index (χ1n) is 4.88. The Morgan fingerprint density at radius 2 is 2.12 bits per heavy atom. The number of aliphatic carboxylic acids is 1. The molecular formula is C10H14N2O3S. The lowest BCUT2D eigenvalue weighted by Crippen LogP contribution is -2.40. The van der Waals surface area contributed by atoms with Gasteiger partial charge in [-0.3, -0.25) is 9.59 Å². The van der Waals surface area contributed by atoms with Gasteiger partial charge in [0.2, 0.25) is 0 Å². The van der Waals surface area contributed by atoms with E-state index in [1.807, 2.05) is 0 Å². The summed E-state index contributed by atoms with van der Waals surface area (Å²) in [4.78, 5) is 22.4. The highest BCUT2D eigenvalue weighted by Crippen LogP contribution is 2.10. The van der Waals surface area contributed by atoms with Crippen molar-refractivity contribution < 1.29 is 14.7 Å². The smallest absolute Gasteiger partial charge is 0.308 e. The molecule has 6 heteroatoms. The molecule has 2 atom stereocenters. The van der Waals surface area contributed by atoms with Crippen molar-refractivity contribution >= 4 is 23.4 Å². The van der Waals surface area contributed by atoms with Crippen molar-refractivity contribution in [3.63, 3.8) is 0 Å². The molecule has 0 saturated carbocycles. The molecule has 1 aromatic heterocycles. The zero-order valence-electron chi connectivity index (χ0n) is 9.35. The number of hydrogen-bond donors (Lipinski definition) is 2. The van der Waals surface area contributed by atoms with Gasteiger partial charge in [0.15, 0.2) is 0 Å². The molecule has 0 saturated heterocycles. The van der Waals surface area contributed by atoms with Crippen molar-refractivity contribution in [3.8, 4) is 0 Å². The Labute approximate surface area is 97.7 Å². The van der Waals surface area contributed by atoms with E-state index in [1.54, 1.807) is 26.2 Å². The van der Waals surface area contributed by atoms with Crippen LogP contribution in [0.25, 0.3) is 0 Å². The van der Waals surface area contributed by atoms with Gasteiger partial charge in [0.1, 0.15) is 0 Å². The van der Waals surface area contributed by atoms with E-state index in [2.05, 4.69) is 9.69 Å². The highest BCUT2D eigenvalue weighted by Gasteiger charge is 2.22. The van der Waals surface area contributed by atoms with Gasteiger partial charge < -0.3 is 10.4 Å². The summed E-state index contributed by atoms with van der Waals surface area (Å²) in [7, 11) is 0. The third-order valence-electron chi connectivity index (χ3n) is 2.49. The fraction of sp³-hybridized carbons (Fsp3) is 0.500. The summed E-state index contributed by atoms with van der Waals surface area (Å²) in [6.07, 6.45) is 0. The van der Waals surface area contributed by atoms with Crippen LogP contribution >= 0.6 is 11.5 Å². The lowest BCUT2D eigenvalue weighted by molar-refractivity contribution is -0.141. The number of nitrogens with zero attached hydrogens (tertiary/aromatic N) is 1. The SMILES string of the molecule is Cc1nscc1C(=O)NC(C)C(C)C(=O)O. The molecule has 0 radical (unpaired) electrons. The van der Waals surface area contributed by atoms with E-state index in [9.17, 15) is 9.59 Å². The molecule has 1 amide bonds. The van der Waals surface area contributed by atoms with Gasteiger partial charge in [-0.1, -0.05) is 0 Å². The number of nitrogens with one attached hydrogen (secondary N) is 1. The van der Waals surface area contributed by atoms with E-state index in [0.29, 0.717) is 11.3 Å². The Kier molecular flexibility index (Phi) is 4.00. The fourth-order valence-corrected chi connectivity index (χ4v) is 1.83. The molecule has 0 aromatic carbocycles. The molecule has 2 N–H and O–H groups in total. The van der Waals surface area contributed by atoms with E-state index in [-0.39, 0.29) is 5.91 Å². The second-order valence-electron chi connectivity index (χ2n) is 3.70. The Morgan fingerprint density at radius 3 is 2.56 bits per heavy atom. The molecule has 5 nitrogen and oxygen atoms in total. The quantitative estimate of drug-likeness (QED) is 0.833. The van der Waals surface area contributed by atoms with Crippen molar-refractivity contribution in [2.24, 2.45) is 5.92 Å². The Bertz CT molecular complexity index is 403. The number of rotatable bonds is 4. The summed E-state index contributed by atoms with van der Waals surface area (Å²) in [5.74, 6) is -1.81. The minimum Gasteiger partial charge on any atom is -0.481 e. The van der Waals surface area contributed by atoms with E-state index in [1.165, 1.54) is 11.5 Å². The summed E-state index contributed by atoms with van der Waals surface area (Å²) >= 11 is 1.21. The van der Waals surface area contributed by atoms with Gasteiger partial charge in [0.05, 0.1) is 17.2 Å². The standard InChI is InChI=1S/C10H14N2O3S/c1-5(10(14)15)6(2)11-9(13)8-4-16-12-7(8)3/h4-6H,1-3H3,(H,11,13)(H,14,15). The van der Waals surface area contributed by atoms with E-state index in [4.69, 9.17) is 5.11 Å². The molecule has 0 bridgehead atoms. The van der Waals surface area contributed by atoms with Crippen LogP contribution < -0.4 is 5.32 Å². The van der Waals surface area contributed by atoms with Crippen molar-refractivity contribution in [2.45, 2.75) is 26.8 Å². The first-order chi connectivity index (χ1) is 7.43. The summed E-state index contributed by atoms with van der Waals surface area (Å²) in [5.41, 5.74) is 1.17. The average Bonchev–Trinajstić information content (AvgIpc) is 2.62. The first-order valence-corrected chi connectivity index (χ1v) is 5.71. The molecule has 1 heterocycles. The summed E-state index contributed by atoms with van der Waals surface area (Å²) < 4.78 is 3.99. The molecule has 88 valence electrons. The lowest BCUT2D eigenvalue weighted by Gasteiger charge is -2.17. The molecular weight excluding hydrogens is 228 g/mol. The minimum absolute atomic E-state index is 0.271. The maximum atomic E-state index is 11.7. The number of hydrogen-bond acceptors (Lipinski definition) is 4. The Hall–Kier alpha value is -1.43. The number of carboxylic acid groups (broad SMARTS) is 1. The second kappa shape index (κ2) is 5.07. The lowest BCUT2D eigenvalue weighted by atomic mass is 10.0. The van der Waals surface area contributed by atoms with Crippen LogP contribution in [-0.4, -0.2) is 27.4 Å². The molecule has 1 aromatic rings. The zero-order valence-corrected chi connectivity index (χ0v) is 10.2. The van der Waals surface area contributed by atoms with Crippen LogP contribution in [0.3, 0.4) is 0 Å². The molecule has 0 spiro atoms. The number of carboxylic acids is 1. The van der Waals surface area contributed by atoms with Gasteiger partial charge in [-0.15, -0.1) is 0 Å². The predicted molar refractivity (Wildman–Crippen MR) is 60.6 cm³/mol. The molecule has 2 unspecified atom stereocenters. The van der Waals surface area contributed by atoms with Crippen LogP contribution in [0, 0.1) is 12.8 Å². The summed E-state index contributed by atoms with van der Waals surface area (Å²) in [6, 6.07) is -0.413. The van der Waals surface area contributed by atoms with Gasteiger partial charge in [0.25, 0.3) is 5.91 Å². The third-order valence-corrected chi connectivity index (χ3v) is 3.21. The topological polar surface area (TPSA) is 79.3 Å². The van der Waals surface area contributed by atoms with Gasteiger partial charge in [-0.05, 0) is 32.3 Å². The molecule has 0 aliphatic heterocycles. The van der Waals surface area contributed by atoms with Crippen LogP contribution in [-0.2, 0) is 4.79 Å². The molecule has 0 aliphatic rings. The monoisotopic (exact) mass is 242 g/mol. The predicted octanol–water partition coefficient (Wildman–Crippen LogP) is 1.29. The van der Waals surface area contributed by atoms with Crippen LogP contribution in [0.15, 0.2) is 5.38 Å². The number of aryl methyl sites for hydroxylation is 1. The molecule has 0 fully saturated rings. The maximum absolute atomic E-state index is 11.7. The number of aromatic nitrogens is 1.